The number of aromatic nitrogens is 4. The lowest BCUT2D eigenvalue weighted by Gasteiger charge is -2.24. The number of hydrogen-bond acceptors (Lipinski definition) is 7. The third kappa shape index (κ3) is 6.06. The van der Waals surface area contributed by atoms with E-state index in [0.29, 0.717) is 24.0 Å². The third-order valence-corrected chi connectivity index (χ3v) is 5.56. The van der Waals surface area contributed by atoms with Crippen molar-refractivity contribution in [1.82, 2.24) is 25.5 Å². The zero-order valence-electron chi connectivity index (χ0n) is 20.4. The average molecular weight is 475 g/mol. The molecule has 9 heteroatoms. The van der Waals surface area contributed by atoms with Crippen LogP contribution in [0.4, 0.5) is 11.5 Å². The molecule has 2 aromatic carbocycles. The molecule has 0 unspecified atom stereocenters. The van der Waals surface area contributed by atoms with Gasteiger partial charge in [-0.3, -0.25) is 9.89 Å². The van der Waals surface area contributed by atoms with Crippen molar-refractivity contribution < 1.29 is 14.3 Å². The van der Waals surface area contributed by atoms with Crippen LogP contribution in [0.3, 0.4) is 0 Å². The molecule has 0 saturated heterocycles. The number of amides is 1. The minimum Gasteiger partial charge on any atom is -0.494 e. The Labute approximate surface area is 204 Å². The smallest absolute Gasteiger partial charge is 0.258 e. The van der Waals surface area contributed by atoms with Crippen LogP contribution in [-0.4, -0.2) is 44.8 Å². The molecule has 35 heavy (non-hydrogen) atoms. The number of aromatic amines is 1. The number of carbonyl (C=O) groups excluding carboxylic acids is 1. The highest BCUT2D eigenvalue weighted by molar-refractivity contribution is 5.93. The minimum absolute atomic E-state index is 0.0705. The highest BCUT2D eigenvalue weighted by Gasteiger charge is 2.18. The molecule has 0 aliphatic rings. The number of fused-ring (bicyclic) bond motifs is 1. The SMILES string of the molecule is CCOc1ccc2nc(-c3cccc(OCC(=O)NC(C)(C)CC)c3)nc(Nc3cn[nH]c3)c2c1. The second kappa shape index (κ2) is 10.4. The number of nitrogens with zero attached hydrogens (tertiary/aromatic N) is 3. The number of H-pyrrole nitrogens is 1. The summed E-state index contributed by atoms with van der Waals surface area (Å²) in [7, 11) is 0. The lowest BCUT2D eigenvalue weighted by Crippen LogP contribution is -2.44. The van der Waals surface area contributed by atoms with Gasteiger partial charge in [0.05, 0.1) is 24.0 Å². The number of hydrogen-bond donors (Lipinski definition) is 3. The molecular formula is C26H30N6O3. The molecule has 0 aliphatic carbocycles. The predicted molar refractivity (Wildman–Crippen MR) is 136 cm³/mol. The maximum atomic E-state index is 12.3. The number of anilines is 2. The zero-order valence-corrected chi connectivity index (χ0v) is 20.4. The van der Waals surface area contributed by atoms with Gasteiger partial charge in [0.25, 0.3) is 5.91 Å². The lowest BCUT2D eigenvalue weighted by molar-refractivity contribution is -0.124. The van der Waals surface area contributed by atoms with Crippen LogP contribution in [0.5, 0.6) is 11.5 Å². The Morgan fingerprint density at radius 1 is 1.06 bits per heavy atom. The highest BCUT2D eigenvalue weighted by atomic mass is 16.5. The Morgan fingerprint density at radius 3 is 2.63 bits per heavy atom. The summed E-state index contributed by atoms with van der Waals surface area (Å²) in [6.07, 6.45) is 4.26. The summed E-state index contributed by atoms with van der Waals surface area (Å²) < 4.78 is 11.4. The van der Waals surface area contributed by atoms with E-state index in [1.54, 1.807) is 12.4 Å². The van der Waals surface area contributed by atoms with Gasteiger partial charge in [-0.15, -0.1) is 0 Å². The van der Waals surface area contributed by atoms with Crippen LogP contribution < -0.4 is 20.1 Å². The van der Waals surface area contributed by atoms with Gasteiger partial charge in [-0.05, 0) is 57.5 Å². The van der Waals surface area contributed by atoms with Crippen LogP contribution in [0.15, 0.2) is 54.9 Å². The summed E-state index contributed by atoms with van der Waals surface area (Å²) in [5, 5.41) is 13.9. The number of benzene rings is 2. The first-order valence-corrected chi connectivity index (χ1v) is 11.6. The third-order valence-electron chi connectivity index (χ3n) is 5.56. The summed E-state index contributed by atoms with van der Waals surface area (Å²) >= 11 is 0. The normalized spacial score (nSPS) is 11.3. The molecular weight excluding hydrogens is 444 g/mol. The van der Waals surface area contributed by atoms with Gasteiger partial charge in [0.1, 0.15) is 17.3 Å². The van der Waals surface area contributed by atoms with Crippen LogP contribution in [0.25, 0.3) is 22.3 Å². The van der Waals surface area contributed by atoms with Crippen molar-refractivity contribution in [3.05, 3.63) is 54.9 Å². The molecule has 0 spiro atoms. The van der Waals surface area contributed by atoms with Gasteiger partial charge < -0.3 is 20.1 Å². The fourth-order valence-corrected chi connectivity index (χ4v) is 3.42. The summed E-state index contributed by atoms with van der Waals surface area (Å²) in [6.45, 7) is 8.43. The molecule has 0 atom stereocenters. The average Bonchev–Trinajstić information content (AvgIpc) is 3.36. The number of rotatable bonds is 10. The van der Waals surface area contributed by atoms with E-state index >= 15 is 0 Å². The van der Waals surface area contributed by atoms with E-state index in [1.165, 1.54) is 0 Å². The molecule has 1 amide bonds. The van der Waals surface area contributed by atoms with Gasteiger partial charge in [0, 0.05) is 22.7 Å². The van der Waals surface area contributed by atoms with Crippen molar-refractivity contribution in [1.29, 1.82) is 0 Å². The van der Waals surface area contributed by atoms with E-state index < -0.39 is 0 Å². The second-order valence-corrected chi connectivity index (χ2v) is 8.72. The molecule has 4 rings (SSSR count). The van der Waals surface area contributed by atoms with E-state index in [0.717, 1.165) is 34.3 Å². The fourth-order valence-electron chi connectivity index (χ4n) is 3.42. The molecule has 0 aliphatic heterocycles. The van der Waals surface area contributed by atoms with Crippen molar-refractivity contribution >= 4 is 28.3 Å². The van der Waals surface area contributed by atoms with Gasteiger partial charge in [-0.1, -0.05) is 19.1 Å². The first kappa shape index (κ1) is 24.0. The molecule has 0 fully saturated rings. The van der Waals surface area contributed by atoms with Crippen molar-refractivity contribution in [2.75, 3.05) is 18.5 Å². The molecule has 0 saturated carbocycles. The summed E-state index contributed by atoms with van der Waals surface area (Å²) in [6, 6.07) is 13.1. The Kier molecular flexibility index (Phi) is 7.14. The van der Waals surface area contributed by atoms with Gasteiger partial charge in [0.2, 0.25) is 0 Å². The van der Waals surface area contributed by atoms with E-state index in [-0.39, 0.29) is 18.1 Å². The van der Waals surface area contributed by atoms with Crippen LogP contribution in [0, 0.1) is 0 Å². The van der Waals surface area contributed by atoms with Crippen molar-refractivity contribution in [3.8, 4) is 22.9 Å². The predicted octanol–water partition coefficient (Wildman–Crippen LogP) is 4.85. The van der Waals surface area contributed by atoms with E-state index in [1.807, 2.05) is 70.2 Å². The van der Waals surface area contributed by atoms with Crippen LogP contribution in [0.1, 0.15) is 34.1 Å². The first-order chi connectivity index (χ1) is 16.9. The number of carbonyl (C=O) groups is 1. The maximum Gasteiger partial charge on any atom is 0.258 e. The lowest BCUT2D eigenvalue weighted by atomic mass is 10.0. The summed E-state index contributed by atoms with van der Waals surface area (Å²) in [5.41, 5.74) is 2.03. The fraction of sp³-hybridized carbons (Fsp3) is 0.308. The van der Waals surface area contributed by atoms with E-state index in [2.05, 4.69) is 20.8 Å². The van der Waals surface area contributed by atoms with Crippen molar-refractivity contribution in [2.24, 2.45) is 0 Å². The second-order valence-electron chi connectivity index (χ2n) is 8.72. The first-order valence-electron chi connectivity index (χ1n) is 11.6. The molecule has 9 nitrogen and oxygen atoms in total. The molecule has 0 bridgehead atoms. The van der Waals surface area contributed by atoms with Crippen LogP contribution >= 0.6 is 0 Å². The van der Waals surface area contributed by atoms with Gasteiger partial charge in [-0.2, -0.15) is 5.10 Å². The molecule has 2 aromatic heterocycles. The van der Waals surface area contributed by atoms with Crippen molar-refractivity contribution in [2.45, 2.75) is 39.7 Å². The molecule has 182 valence electrons. The maximum absolute atomic E-state index is 12.3. The molecule has 3 N–H and O–H groups in total. The zero-order chi connectivity index (χ0) is 24.8. The van der Waals surface area contributed by atoms with E-state index in [4.69, 9.17) is 19.4 Å². The van der Waals surface area contributed by atoms with Gasteiger partial charge in [-0.25, -0.2) is 9.97 Å². The summed E-state index contributed by atoms with van der Waals surface area (Å²) in [5.74, 6) is 2.29. The molecule has 4 aromatic rings. The largest absolute Gasteiger partial charge is 0.494 e. The standard InChI is InChI=1S/C26H30N6O3/c1-5-26(3,4)32-23(33)16-35-19-9-7-8-17(12-19)24-30-22-11-10-20(34-6-2)13-21(22)25(31-24)29-18-14-27-28-15-18/h7-15H,5-6,16H2,1-4H3,(H,27,28)(H,32,33)(H,29,30,31). The Balaban J connectivity index is 1.63. The highest BCUT2D eigenvalue weighted by Crippen LogP contribution is 2.31. The molecule has 2 heterocycles. The topological polar surface area (TPSA) is 114 Å². The molecule has 0 radical (unpaired) electrons. The van der Waals surface area contributed by atoms with E-state index in [9.17, 15) is 4.79 Å². The van der Waals surface area contributed by atoms with Crippen LogP contribution in [0.2, 0.25) is 0 Å². The Morgan fingerprint density at radius 2 is 1.89 bits per heavy atom. The number of ether oxygens (including phenoxy) is 2. The van der Waals surface area contributed by atoms with Crippen molar-refractivity contribution in [3.63, 3.8) is 0 Å². The Bertz CT molecular complexity index is 1300. The van der Waals surface area contributed by atoms with Gasteiger partial charge >= 0.3 is 0 Å². The van der Waals surface area contributed by atoms with Gasteiger partial charge in [0.15, 0.2) is 12.4 Å². The minimum atomic E-state index is -0.276. The Hall–Kier alpha value is -4.14. The number of nitrogens with one attached hydrogen (secondary N) is 3. The summed E-state index contributed by atoms with van der Waals surface area (Å²) in [4.78, 5) is 21.8. The van der Waals surface area contributed by atoms with Crippen LogP contribution in [-0.2, 0) is 4.79 Å². The quantitative estimate of drug-likeness (QED) is 0.301. The monoisotopic (exact) mass is 474 g/mol.